The van der Waals surface area contributed by atoms with Crippen molar-refractivity contribution >= 4 is 5.97 Å². The molecule has 0 unspecified atom stereocenters. The molecular weight excluding hydrogens is 108 g/mol. The summed E-state index contributed by atoms with van der Waals surface area (Å²) < 4.78 is 4.45. The van der Waals surface area contributed by atoms with E-state index in [-0.39, 0.29) is 6.42 Å². The Hall–Kier alpha value is -0.570. The summed E-state index contributed by atoms with van der Waals surface area (Å²) in [7, 11) is 0. The highest BCUT2D eigenvalue weighted by Crippen LogP contribution is 1.85. The van der Waals surface area contributed by atoms with Gasteiger partial charge in [0.2, 0.25) is 0 Å². The third kappa shape index (κ3) is 3.61. The highest BCUT2D eigenvalue weighted by atomic mass is 16.5. The molecule has 0 atom stereocenters. The summed E-state index contributed by atoms with van der Waals surface area (Å²) in [5.41, 5.74) is 0. The average molecular weight is 117 g/mol. The van der Waals surface area contributed by atoms with Crippen LogP contribution in [0.3, 0.4) is 0 Å². The Morgan fingerprint density at radius 2 is 2.50 bits per heavy atom. The fourth-order valence-corrected chi connectivity index (χ4v) is 0.294. The molecular formula is C5H9O3. The molecule has 0 saturated heterocycles. The number of rotatable bonds is 3. The number of carbonyl (C=O) groups excluding carboxylic acids is 1. The Balaban J connectivity index is 3.06. The average Bonchev–Trinajstić information content (AvgIpc) is 1.68. The molecule has 0 aromatic heterocycles. The SMILES string of the molecule is CCOC(=O)C[CH]O. The lowest BCUT2D eigenvalue weighted by Gasteiger charge is -1.95. The maximum Gasteiger partial charge on any atom is 0.308 e. The van der Waals surface area contributed by atoms with Crippen LogP contribution >= 0.6 is 0 Å². The molecule has 0 heterocycles. The molecule has 1 N–H and O–H groups in total. The minimum atomic E-state index is -0.394. The van der Waals surface area contributed by atoms with Crippen LogP contribution in [-0.2, 0) is 9.53 Å². The Morgan fingerprint density at radius 1 is 1.88 bits per heavy atom. The van der Waals surface area contributed by atoms with Crippen molar-refractivity contribution in [2.75, 3.05) is 6.61 Å². The van der Waals surface area contributed by atoms with Gasteiger partial charge in [-0.15, -0.1) is 0 Å². The van der Waals surface area contributed by atoms with Gasteiger partial charge in [-0.05, 0) is 6.92 Å². The molecule has 0 saturated carbocycles. The topological polar surface area (TPSA) is 46.5 Å². The second kappa shape index (κ2) is 4.59. The van der Waals surface area contributed by atoms with Gasteiger partial charge in [0.05, 0.1) is 19.6 Å². The van der Waals surface area contributed by atoms with Gasteiger partial charge in [-0.1, -0.05) is 0 Å². The second-order valence-corrected chi connectivity index (χ2v) is 1.19. The Bertz CT molecular complexity index is 62.1. The first-order valence-electron chi connectivity index (χ1n) is 2.42. The molecule has 0 aromatic carbocycles. The van der Waals surface area contributed by atoms with E-state index in [4.69, 9.17) is 5.11 Å². The minimum Gasteiger partial charge on any atom is -0.466 e. The Morgan fingerprint density at radius 3 is 2.88 bits per heavy atom. The molecule has 1 radical (unpaired) electrons. The third-order valence-corrected chi connectivity index (χ3v) is 0.563. The molecule has 0 aromatic rings. The molecule has 0 spiro atoms. The maximum atomic E-state index is 10.2. The lowest BCUT2D eigenvalue weighted by Crippen LogP contribution is -2.02. The predicted octanol–water partition coefficient (Wildman–Crippen LogP) is 0.474. The third-order valence-electron chi connectivity index (χ3n) is 0.563. The van der Waals surface area contributed by atoms with Crippen molar-refractivity contribution in [3.05, 3.63) is 6.61 Å². The van der Waals surface area contributed by atoms with Gasteiger partial charge in [0, 0.05) is 0 Å². The standard InChI is InChI=1S/C5H9O3/c1-2-8-5(7)3-4-6/h4,6H,2-3H2,1H3. The fraction of sp³-hybridized carbons (Fsp3) is 0.600. The second-order valence-electron chi connectivity index (χ2n) is 1.19. The number of aliphatic hydroxyl groups is 1. The number of hydrogen-bond donors (Lipinski definition) is 1. The van der Waals surface area contributed by atoms with Crippen LogP contribution in [0.15, 0.2) is 0 Å². The maximum absolute atomic E-state index is 10.2. The van der Waals surface area contributed by atoms with Crippen molar-refractivity contribution in [1.82, 2.24) is 0 Å². The van der Waals surface area contributed by atoms with Crippen LogP contribution in [0.4, 0.5) is 0 Å². The van der Waals surface area contributed by atoms with Gasteiger partial charge in [0.25, 0.3) is 0 Å². The van der Waals surface area contributed by atoms with Crippen LogP contribution in [-0.4, -0.2) is 17.7 Å². The quantitative estimate of drug-likeness (QED) is 0.546. The van der Waals surface area contributed by atoms with Crippen molar-refractivity contribution in [3.63, 3.8) is 0 Å². The molecule has 3 nitrogen and oxygen atoms in total. The normalized spacial score (nSPS) is 8.75. The molecule has 0 aliphatic rings. The highest BCUT2D eigenvalue weighted by molar-refractivity contribution is 5.70. The first kappa shape index (κ1) is 7.43. The molecule has 0 aliphatic heterocycles. The van der Waals surface area contributed by atoms with Crippen molar-refractivity contribution in [1.29, 1.82) is 0 Å². The van der Waals surface area contributed by atoms with E-state index in [1.165, 1.54) is 0 Å². The van der Waals surface area contributed by atoms with E-state index in [0.29, 0.717) is 6.61 Å². The van der Waals surface area contributed by atoms with E-state index in [0.717, 1.165) is 6.61 Å². The summed E-state index contributed by atoms with van der Waals surface area (Å²) in [6.45, 7) is 2.86. The monoisotopic (exact) mass is 117 g/mol. The van der Waals surface area contributed by atoms with E-state index in [9.17, 15) is 4.79 Å². The highest BCUT2D eigenvalue weighted by Gasteiger charge is 1.96. The number of aliphatic hydroxyl groups excluding tert-OH is 1. The number of carbonyl (C=O) groups is 1. The number of esters is 1. The molecule has 47 valence electrons. The zero-order valence-electron chi connectivity index (χ0n) is 4.76. The van der Waals surface area contributed by atoms with Gasteiger partial charge < -0.3 is 9.84 Å². The lowest BCUT2D eigenvalue weighted by molar-refractivity contribution is -0.142. The first-order valence-corrected chi connectivity index (χ1v) is 2.42. The summed E-state index contributed by atoms with van der Waals surface area (Å²) in [5, 5.41) is 8.04. The predicted molar refractivity (Wildman–Crippen MR) is 27.5 cm³/mol. The van der Waals surface area contributed by atoms with E-state index in [1.54, 1.807) is 6.92 Å². The molecule has 0 aliphatic carbocycles. The van der Waals surface area contributed by atoms with Gasteiger partial charge >= 0.3 is 5.97 Å². The van der Waals surface area contributed by atoms with E-state index in [1.807, 2.05) is 0 Å². The molecule has 0 rings (SSSR count). The van der Waals surface area contributed by atoms with Crippen LogP contribution in [0.1, 0.15) is 13.3 Å². The summed E-state index contributed by atoms with van der Waals surface area (Å²) >= 11 is 0. The Kier molecular flexibility index (Phi) is 4.26. The molecule has 0 fully saturated rings. The van der Waals surface area contributed by atoms with Crippen LogP contribution in [0.5, 0.6) is 0 Å². The van der Waals surface area contributed by atoms with Gasteiger partial charge in [-0.3, -0.25) is 4.79 Å². The van der Waals surface area contributed by atoms with Crippen molar-refractivity contribution in [2.45, 2.75) is 13.3 Å². The molecule has 0 bridgehead atoms. The number of hydrogen-bond acceptors (Lipinski definition) is 3. The van der Waals surface area contributed by atoms with Crippen LogP contribution < -0.4 is 0 Å². The zero-order chi connectivity index (χ0) is 6.41. The van der Waals surface area contributed by atoms with Crippen molar-refractivity contribution in [2.24, 2.45) is 0 Å². The van der Waals surface area contributed by atoms with Gasteiger partial charge in [0.15, 0.2) is 0 Å². The van der Waals surface area contributed by atoms with Gasteiger partial charge in [-0.25, -0.2) is 0 Å². The minimum absolute atomic E-state index is 0.0200. The molecule has 8 heavy (non-hydrogen) atoms. The van der Waals surface area contributed by atoms with Crippen LogP contribution in [0.2, 0.25) is 0 Å². The summed E-state index contributed by atoms with van der Waals surface area (Å²) in [4.78, 5) is 10.2. The Labute approximate surface area is 48.3 Å². The largest absolute Gasteiger partial charge is 0.466 e. The van der Waals surface area contributed by atoms with Crippen LogP contribution in [0, 0.1) is 6.61 Å². The molecule has 0 amide bonds. The zero-order valence-corrected chi connectivity index (χ0v) is 4.76. The van der Waals surface area contributed by atoms with E-state index >= 15 is 0 Å². The molecule has 3 heteroatoms. The van der Waals surface area contributed by atoms with E-state index in [2.05, 4.69) is 4.74 Å². The van der Waals surface area contributed by atoms with Gasteiger partial charge in [0.1, 0.15) is 0 Å². The summed E-state index contributed by atoms with van der Waals surface area (Å²) in [5.74, 6) is -0.394. The van der Waals surface area contributed by atoms with Crippen LogP contribution in [0.25, 0.3) is 0 Å². The smallest absolute Gasteiger partial charge is 0.308 e. The number of ether oxygens (including phenoxy) is 1. The van der Waals surface area contributed by atoms with Crippen molar-refractivity contribution < 1.29 is 14.6 Å². The summed E-state index contributed by atoms with van der Waals surface area (Å²) in [6.07, 6.45) is -0.0200. The summed E-state index contributed by atoms with van der Waals surface area (Å²) in [6, 6.07) is 0. The lowest BCUT2D eigenvalue weighted by atomic mass is 10.5. The van der Waals surface area contributed by atoms with E-state index < -0.39 is 5.97 Å². The van der Waals surface area contributed by atoms with Crippen molar-refractivity contribution in [3.8, 4) is 0 Å². The first-order chi connectivity index (χ1) is 3.81. The van der Waals surface area contributed by atoms with Gasteiger partial charge in [-0.2, -0.15) is 0 Å². The fourth-order valence-electron chi connectivity index (χ4n) is 0.294.